The Kier molecular flexibility index (Phi) is 6.32. The van der Waals surface area contributed by atoms with Crippen molar-refractivity contribution < 1.29 is 4.74 Å². The van der Waals surface area contributed by atoms with Gasteiger partial charge in [0.05, 0.1) is 34.7 Å². The molecular weight excluding hydrogens is 396 g/mol. The fourth-order valence-electron chi connectivity index (χ4n) is 3.56. The lowest BCUT2D eigenvalue weighted by Crippen LogP contribution is -2.11. The van der Waals surface area contributed by atoms with Gasteiger partial charge in [0.1, 0.15) is 12.1 Å². The predicted octanol–water partition coefficient (Wildman–Crippen LogP) is 6.09. The molecule has 5 nitrogen and oxygen atoms in total. The molecule has 4 aromatic rings. The van der Waals surface area contributed by atoms with Gasteiger partial charge in [-0.25, -0.2) is 4.98 Å². The normalized spacial score (nSPS) is 11.6. The number of imidazole rings is 1. The summed E-state index contributed by atoms with van der Waals surface area (Å²) in [5, 5.41) is 7.59. The molecule has 0 aliphatic heterocycles. The van der Waals surface area contributed by atoms with Crippen molar-refractivity contribution in [1.82, 2.24) is 19.7 Å². The quantitative estimate of drug-likeness (QED) is 0.275. The van der Waals surface area contributed by atoms with Crippen molar-refractivity contribution in [1.29, 1.82) is 0 Å². The van der Waals surface area contributed by atoms with E-state index in [-0.39, 0.29) is 5.41 Å². The second kappa shape index (κ2) is 9.32. The highest BCUT2D eigenvalue weighted by atomic mass is 16.5. The summed E-state index contributed by atoms with van der Waals surface area (Å²) in [6.07, 6.45) is 11.1. The third kappa shape index (κ3) is 4.86. The zero-order valence-electron chi connectivity index (χ0n) is 19.0. The van der Waals surface area contributed by atoms with E-state index in [4.69, 9.17) is 11.2 Å². The number of hydrogen-bond acceptors (Lipinski definition) is 3. The van der Waals surface area contributed by atoms with Crippen molar-refractivity contribution in [2.45, 2.75) is 51.9 Å². The Morgan fingerprint density at radius 1 is 1.12 bits per heavy atom. The van der Waals surface area contributed by atoms with Crippen LogP contribution in [0.4, 0.5) is 0 Å². The minimum Gasteiger partial charge on any atom is -0.494 e. The maximum absolute atomic E-state index is 5.88. The summed E-state index contributed by atoms with van der Waals surface area (Å²) in [4.78, 5) is 4.56. The van der Waals surface area contributed by atoms with Crippen LogP contribution in [0.25, 0.3) is 28.0 Å². The van der Waals surface area contributed by atoms with Crippen LogP contribution in [0.1, 0.15) is 52.1 Å². The van der Waals surface area contributed by atoms with Crippen LogP contribution in [0.2, 0.25) is 0 Å². The first-order valence-electron chi connectivity index (χ1n) is 11.1. The van der Waals surface area contributed by atoms with Crippen molar-refractivity contribution in [3.63, 3.8) is 0 Å². The molecule has 1 radical (unpaired) electrons. The maximum Gasteiger partial charge on any atom is 0.121 e. The monoisotopic (exact) mass is 425 g/mol. The van der Waals surface area contributed by atoms with Crippen LogP contribution >= 0.6 is 0 Å². The highest BCUT2D eigenvalue weighted by molar-refractivity contribution is 5.79. The number of aromatic amines is 1. The molecule has 163 valence electrons. The van der Waals surface area contributed by atoms with Crippen molar-refractivity contribution in [2.24, 2.45) is 0 Å². The van der Waals surface area contributed by atoms with Crippen molar-refractivity contribution in [3.8, 4) is 35.0 Å². The van der Waals surface area contributed by atoms with E-state index in [9.17, 15) is 0 Å². The number of hydrogen-bond donors (Lipinski definition) is 1. The first-order valence-corrected chi connectivity index (χ1v) is 11.1. The van der Waals surface area contributed by atoms with E-state index in [0.29, 0.717) is 6.61 Å². The number of terminal acetylenes is 1. The van der Waals surface area contributed by atoms with Gasteiger partial charge in [0, 0.05) is 29.5 Å². The molecule has 2 aromatic heterocycles. The molecule has 0 unspecified atom stereocenters. The Bertz CT molecular complexity index is 1220. The summed E-state index contributed by atoms with van der Waals surface area (Å²) in [5.41, 5.74) is 5.96. The second-order valence-corrected chi connectivity index (χ2v) is 9.01. The van der Waals surface area contributed by atoms with E-state index in [0.717, 1.165) is 65.1 Å². The number of ether oxygens (including phenoxy) is 1. The van der Waals surface area contributed by atoms with Crippen molar-refractivity contribution >= 4 is 11.0 Å². The van der Waals surface area contributed by atoms with Gasteiger partial charge in [0.2, 0.25) is 0 Å². The maximum atomic E-state index is 5.88. The lowest BCUT2D eigenvalue weighted by molar-refractivity contribution is 0.306. The van der Waals surface area contributed by atoms with Gasteiger partial charge in [-0.2, -0.15) is 5.10 Å². The summed E-state index contributed by atoms with van der Waals surface area (Å²) in [6.45, 7) is 7.16. The Hall–Kier alpha value is -3.52. The number of H-pyrrole nitrogens is 1. The molecule has 0 saturated carbocycles. The average Bonchev–Trinajstić information content (AvgIpc) is 3.43. The van der Waals surface area contributed by atoms with Crippen LogP contribution in [0.5, 0.6) is 5.75 Å². The van der Waals surface area contributed by atoms with Gasteiger partial charge in [-0.3, -0.25) is 9.67 Å². The van der Waals surface area contributed by atoms with E-state index in [1.807, 2.05) is 35.2 Å². The van der Waals surface area contributed by atoms with Crippen LogP contribution in [-0.2, 0) is 5.41 Å². The molecule has 0 saturated heterocycles. The minimum atomic E-state index is 0.0126. The predicted molar refractivity (Wildman–Crippen MR) is 129 cm³/mol. The molecule has 4 rings (SSSR count). The van der Waals surface area contributed by atoms with E-state index < -0.39 is 0 Å². The molecule has 5 heteroatoms. The van der Waals surface area contributed by atoms with Gasteiger partial charge in [-0.1, -0.05) is 26.8 Å². The molecule has 2 aromatic carbocycles. The molecule has 0 aliphatic carbocycles. The number of rotatable bonds is 8. The Balaban J connectivity index is 1.45. The molecular formula is C27H29N4O. The summed E-state index contributed by atoms with van der Waals surface area (Å²) >= 11 is 0. The van der Waals surface area contributed by atoms with E-state index in [2.05, 4.69) is 66.1 Å². The number of benzene rings is 2. The molecule has 0 bridgehead atoms. The molecule has 0 atom stereocenters. The standard InChI is InChI=1S/C27H29N4O/c1-5-6-7-8-9-16-32-22-14-15-25-24(17-22)28-19-31(25)21-12-10-20(11-13-21)23-18-26(30-29-23)27(2,3)4/h1,10-12,14-15,17-19H,6-9,16H2,2-4H3,(H,29,30). The van der Waals surface area contributed by atoms with Gasteiger partial charge in [0.15, 0.2) is 0 Å². The first-order chi connectivity index (χ1) is 15.5. The lowest BCUT2D eigenvalue weighted by atomic mass is 9.92. The summed E-state index contributed by atoms with van der Waals surface area (Å²) < 4.78 is 7.92. The second-order valence-electron chi connectivity index (χ2n) is 9.01. The molecule has 2 heterocycles. The average molecular weight is 426 g/mol. The summed E-state index contributed by atoms with van der Waals surface area (Å²) in [7, 11) is 0. The zero-order valence-corrected chi connectivity index (χ0v) is 19.0. The van der Waals surface area contributed by atoms with E-state index in [1.165, 1.54) is 0 Å². The third-order valence-electron chi connectivity index (χ3n) is 5.47. The van der Waals surface area contributed by atoms with Gasteiger partial charge in [-0.15, -0.1) is 12.3 Å². The number of nitrogens with zero attached hydrogens (tertiary/aromatic N) is 3. The van der Waals surface area contributed by atoms with Crippen LogP contribution in [0.15, 0.2) is 48.8 Å². The van der Waals surface area contributed by atoms with E-state index in [1.54, 1.807) is 0 Å². The Morgan fingerprint density at radius 3 is 2.72 bits per heavy atom. The van der Waals surface area contributed by atoms with Crippen LogP contribution in [0, 0.1) is 18.4 Å². The van der Waals surface area contributed by atoms with Crippen molar-refractivity contribution in [2.75, 3.05) is 6.61 Å². The highest BCUT2D eigenvalue weighted by Gasteiger charge is 2.17. The number of unbranched alkanes of at least 4 members (excludes halogenated alkanes) is 3. The number of nitrogens with one attached hydrogen (secondary N) is 1. The Morgan fingerprint density at radius 2 is 2.00 bits per heavy atom. The largest absolute Gasteiger partial charge is 0.494 e. The number of fused-ring (bicyclic) bond motifs is 1. The van der Waals surface area contributed by atoms with Crippen LogP contribution in [0.3, 0.4) is 0 Å². The molecule has 0 aliphatic rings. The smallest absolute Gasteiger partial charge is 0.121 e. The lowest BCUT2D eigenvalue weighted by Gasteiger charge is -2.13. The zero-order chi connectivity index (χ0) is 22.6. The molecule has 0 fully saturated rings. The topological polar surface area (TPSA) is 55.7 Å². The van der Waals surface area contributed by atoms with Crippen molar-refractivity contribution in [3.05, 3.63) is 60.6 Å². The molecule has 1 N–H and O–H groups in total. The molecule has 0 amide bonds. The van der Waals surface area contributed by atoms with Gasteiger partial charge in [0.25, 0.3) is 0 Å². The van der Waals surface area contributed by atoms with Gasteiger partial charge < -0.3 is 4.74 Å². The first kappa shape index (κ1) is 21.7. The fourth-order valence-corrected chi connectivity index (χ4v) is 3.56. The summed E-state index contributed by atoms with van der Waals surface area (Å²) in [6, 6.07) is 17.6. The van der Waals surface area contributed by atoms with E-state index >= 15 is 0 Å². The third-order valence-corrected chi connectivity index (χ3v) is 5.47. The van der Waals surface area contributed by atoms with Crippen LogP contribution in [-0.4, -0.2) is 26.4 Å². The molecule has 32 heavy (non-hydrogen) atoms. The SMILES string of the molecule is C#CCCCCCOc1ccc2c(c1)ncn2-c1[c]cc(-c2cc(C(C)(C)C)n[nH]2)cc1. The fraction of sp³-hybridized carbons (Fsp3) is 0.333. The summed E-state index contributed by atoms with van der Waals surface area (Å²) in [5.74, 6) is 3.51. The number of aromatic nitrogens is 4. The Labute approximate surface area is 189 Å². The van der Waals surface area contributed by atoms with Gasteiger partial charge >= 0.3 is 0 Å². The van der Waals surface area contributed by atoms with Crippen LogP contribution < -0.4 is 4.74 Å². The minimum absolute atomic E-state index is 0.0126. The highest BCUT2D eigenvalue weighted by Crippen LogP contribution is 2.27. The van der Waals surface area contributed by atoms with Gasteiger partial charge in [-0.05, 0) is 49.6 Å². The molecule has 0 spiro atoms.